The maximum absolute atomic E-state index is 2.26. The maximum Gasteiger partial charge on any atom is 0.00722 e. The Hall–Kier alpha value is -1.21. The van der Waals surface area contributed by atoms with Gasteiger partial charge in [0.15, 0.2) is 0 Å². The number of thioether (sulfide) groups is 1. The molecule has 0 aliphatic carbocycles. The number of aryl methyl sites for hydroxylation is 1. The highest BCUT2D eigenvalue weighted by Gasteiger charge is 1.99. The third-order valence-electron chi connectivity index (χ3n) is 3.27. The van der Waals surface area contributed by atoms with Crippen LogP contribution in [0.25, 0.3) is 11.1 Å². The van der Waals surface area contributed by atoms with E-state index in [9.17, 15) is 0 Å². The molecular weight excluding hydrogens is 248 g/mol. The van der Waals surface area contributed by atoms with Crippen LogP contribution >= 0.6 is 11.8 Å². The Kier molecular flexibility index (Phi) is 5.53. The van der Waals surface area contributed by atoms with E-state index in [0.717, 1.165) is 5.75 Å². The van der Waals surface area contributed by atoms with Crippen molar-refractivity contribution in [2.45, 2.75) is 38.0 Å². The SMILES string of the molecule is CCCCc1ccc(-c2ccc(SCC)cc2)cc1. The summed E-state index contributed by atoms with van der Waals surface area (Å²) in [6.45, 7) is 4.43. The zero-order valence-electron chi connectivity index (χ0n) is 11.9. The second-order valence-electron chi connectivity index (χ2n) is 4.76. The van der Waals surface area contributed by atoms with Crippen LogP contribution in [0.15, 0.2) is 53.4 Å². The van der Waals surface area contributed by atoms with Crippen LogP contribution in [0.3, 0.4) is 0 Å². The van der Waals surface area contributed by atoms with E-state index in [0.29, 0.717) is 0 Å². The van der Waals surface area contributed by atoms with Gasteiger partial charge in [-0.15, -0.1) is 11.8 Å². The molecule has 0 spiro atoms. The van der Waals surface area contributed by atoms with Crippen molar-refractivity contribution in [2.24, 2.45) is 0 Å². The summed E-state index contributed by atoms with van der Waals surface area (Å²) in [5.41, 5.74) is 4.07. The van der Waals surface area contributed by atoms with Gasteiger partial charge >= 0.3 is 0 Å². The molecule has 0 saturated carbocycles. The molecule has 0 aromatic heterocycles. The van der Waals surface area contributed by atoms with E-state index in [1.54, 1.807) is 0 Å². The maximum atomic E-state index is 2.26. The number of hydrogen-bond acceptors (Lipinski definition) is 1. The van der Waals surface area contributed by atoms with Crippen LogP contribution in [0, 0.1) is 0 Å². The van der Waals surface area contributed by atoms with Crippen LogP contribution in [0.2, 0.25) is 0 Å². The van der Waals surface area contributed by atoms with Crippen LogP contribution in [-0.4, -0.2) is 5.75 Å². The van der Waals surface area contributed by atoms with Gasteiger partial charge in [0.1, 0.15) is 0 Å². The topological polar surface area (TPSA) is 0 Å². The van der Waals surface area contributed by atoms with Crippen molar-refractivity contribution in [1.29, 1.82) is 0 Å². The molecule has 0 N–H and O–H groups in total. The average molecular weight is 270 g/mol. The highest BCUT2D eigenvalue weighted by atomic mass is 32.2. The first kappa shape index (κ1) is 14.2. The molecule has 0 saturated heterocycles. The Balaban J connectivity index is 2.08. The molecule has 0 aliphatic rings. The predicted octanol–water partition coefficient (Wildman–Crippen LogP) is 5.81. The molecule has 0 heterocycles. The number of unbranched alkanes of at least 4 members (excludes halogenated alkanes) is 1. The lowest BCUT2D eigenvalue weighted by molar-refractivity contribution is 0.795. The van der Waals surface area contributed by atoms with Crippen molar-refractivity contribution >= 4 is 11.8 Å². The largest absolute Gasteiger partial charge is 0.126 e. The lowest BCUT2D eigenvalue weighted by Gasteiger charge is -2.05. The predicted molar refractivity (Wildman–Crippen MR) is 86.9 cm³/mol. The molecule has 0 nitrogen and oxygen atoms in total. The second kappa shape index (κ2) is 7.40. The third-order valence-corrected chi connectivity index (χ3v) is 4.17. The molecule has 100 valence electrons. The highest BCUT2D eigenvalue weighted by molar-refractivity contribution is 7.99. The van der Waals surface area contributed by atoms with Crippen molar-refractivity contribution in [3.05, 3.63) is 54.1 Å². The Bertz CT molecular complexity index is 482. The molecule has 0 fully saturated rings. The van der Waals surface area contributed by atoms with E-state index in [-0.39, 0.29) is 0 Å². The van der Waals surface area contributed by atoms with Gasteiger partial charge in [-0.25, -0.2) is 0 Å². The highest BCUT2D eigenvalue weighted by Crippen LogP contribution is 2.24. The van der Waals surface area contributed by atoms with Crippen LogP contribution in [0.1, 0.15) is 32.3 Å². The molecule has 0 amide bonds. The standard InChI is InChI=1S/C18H22S/c1-3-5-6-15-7-9-16(10-8-15)17-11-13-18(14-12-17)19-4-2/h7-14H,3-6H2,1-2H3. The minimum Gasteiger partial charge on any atom is -0.126 e. The van der Waals surface area contributed by atoms with Gasteiger partial charge in [0.25, 0.3) is 0 Å². The normalized spacial score (nSPS) is 10.6. The minimum atomic E-state index is 1.13. The van der Waals surface area contributed by atoms with Gasteiger partial charge in [-0.2, -0.15) is 0 Å². The van der Waals surface area contributed by atoms with E-state index >= 15 is 0 Å². The molecule has 2 aromatic rings. The zero-order chi connectivity index (χ0) is 13.5. The van der Waals surface area contributed by atoms with Crippen molar-refractivity contribution in [2.75, 3.05) is 5.75 Å². The first-order valence-electron chi connectivity index (χ1n) is 7.15. The van der Waals surface area contributed by atoms with Crippen molar-refractivity contribution in [3.63, 3.8) is 0 Å². The summed E-state index contributed by atoms with van der Waals surface area (Å²) < 4.78 is 0. The minimum absolute atomic E-state index is 1.13. The van der Waals surface area contributed by atoms with Gasteiger partial charge in [0.05, 0.1) is 0 Å². The summed E-state index contributed by atoms with van der Waals surface area (Å²) in [4.78, 5) is 1.35. The van der Waals surface area contributed by atoms with E-state index in [4.69, 9.17) is 0 Å². The molecule has 0 bridgehead atoms. The molecule has 1 heteroatoms. The van der Waals surface area contributed by atoms with E-state index in [2.05, 4.69) is 62.4 Å². The molecule has 0 unspecified atom stereocenters. The van der Waals surface area contributed by atoms with Gasteiger partial charge in [-0.1, -0.05) is 56.7 Å². The van der Waals surface area contributed by atoms with Crippen LogP contribution < -0.4 is 0 Å². The smallest absolute Gasteiger partial charge is 0.00722 e. The Labute approximate surface area is 121 Å². The molecule has 0 radical (unpaired) electrons. The molecule has 0 atom stereocenters. The molecule has 19 heavy (non-hydrogen) atoms. The Morgan fingerprint density at radius 2 is 1.37 bits per heavy atom. The van der Waals surface area contributed by atoms with E-state index in [1.165, 1.54) is 40.8 Å². The summed E-state index contributed by atoms with van der Waals surface area (Å²) in [5.74, 6) is 1.13. The molecule has 2 aromatic carbocycles. The van der Waals surface area contributed by atoms with Crippen molar-refractivity contribution < 1.29 is 0 Å². The quantitative estimate of drug-likeness (QED) is 0.597. The van der Waals surface area contributed by atoms with Gasteiger partial charge < -0.3 is 0 Å². The van der Waals surface area contributed by atoms with Gasteiger partial charge in [0.2, 0.25) is 0 Å². The fourth-order valence-corrected chi connectivity index (χ4v) is 2.82. The van der Waals surface area contributed by atoms with Gasteiger partial charge in [0, 0.05) is 4.90 Å². The monoisotopic (exact) mass is 270 g/mol. The second-order valence-corrected chi connectivity index (χ2v) is 6.10. The van der Waals surface area contributed by atoms with Crippen molar-refractivity contribution in [1.82, 2.24) is 0 Å². The summed E-state index contributed by atoms with van der Waals surface area (Å²) in [5, 5.41) is 0. The zero-order valence-corrected chi connectivity index (χ0v) is 12.7. The fourth-order valence-electron chi connectivity index (χ4n) is 2.16. The van der Waals surface area contributed by atoms with E-state index < -0.39 is 0 Å². The molecular formula is C18H22S. The van der Waals surface area contributed by atoms with Gasteiger partial charge in [-0.05, 0) is 47.4 Å². The summed E-state index contributed by atoms with van der Waals surface area (Å²) >= 11 is 1.89. The molecule has 2 rings (SSSR count). The Morgan fingerprint density at radius 3 is 1.89 bits per heavy atom. The molecule has 0 aliphatic heterocycles. The first-order chi connectivity index (χ1) is 9.33. The average Bonchev–Trinajstić information content (AvgIpc) is 2.47. The summed E-state index contributed by atoms with van der Waals surface area (Å²) in [6.07, 6.45) is 3.74. The van der Waals surface area contributed by atoms with Crippen molar-refractivity contribution in [3.8, 4) is 11.1 Å². The van der Waals surface area contributed by atoms with Crippen LogP contribution in [0.4, 0.5) is 0 Å². The summed E-state index contributed by atoms with van der Waals surface area (Å²) in [6, 6.07) is 17.9. The third kappa shape index (κ3) is 4.14. The summed E-state index contributed by atoms with van der Waals surface area (Å²) in [7, 11) is 0. The number of benzene rings is 2. The van der Waals surface area contributed by atoms with Crippen LogP contribution in [-0.2, 0) is 6.42 Å². The van der Waals surface area contributed by atoms with E-state index in [1.807, 2.05) is 11.8 Å². The fraction of sp³-hybridized carbons (Fsp3) is 0.333. The van der Waals surface area contributed by atoms with Crippen LogP contribution in [0.5, 0.6) is 0 Å². The lowest BCUT2D eigenvalue weighted by atomic mass is 10.0. The number of hydrogen-bond donors (Lipinski definition) is 0. The van der Waals surface area contributed by atoms with Gasteiger partial charge in [-0.3, -0.25) is 0 Å². The lowest BCUT2D eigenvalue weighted by Crippen LogP contribution is -1.85. The number of rotatable bonds is 6. The Morgan fingerprint density at radius 1 is 0.789 bits per heavy atom. The first-order valence-corrected chi connectivity index (χ1v) is 8.14.